The molecule has 0 bridgehead atoms. The number of carboxylic acid groups (broad SMARTS) is 2. The van der Waals surface area contributed by atoms with Crippen LogP contribution in [0.4, 0.5) is 0 Å². The van der Waals surface area contributed by atoms with Gasteiger partial charge in [0.1, 0.15) is 18.1 Å². The van der Waals surface area contributed by atoms with Crippen LogP contribution in [0.15, 0.2) is 0 Å². The summed E-state index contributed by atoms with van der Waals surface area (Å²) in [5, 5.41) is 29.2. The van der Waals surface area contributed by atoms with E-state index < -0.39 is 53.8 Å². The largest absolute Gasteiger partial charge is 0.481 e. The van der Waals surface area contributed by atoms with E-state index in [-0.39, 0.29) is 31.1 Å². The molecule has 0 aliphatic carbocycles. The van der Waals surface area contributed by atoms with E-state index in [9.17, 15) is 29.1 Å². The van der Waals surface area contributed by atoms with E-state index in [1.807, 2.05) is 20.8 Å². The van der Waals surface area contributed by atoms with Gasteiger partial charge in [-0.2, -0.15) is 0 Å². The minimum absolute atomic E-state index is 0.00248. The SMILES string of the molecule is CCC(C)C(NC(=O)C(CC(C)C)NC(=O)C(CCC(=O)O)NC(=O)C1CCCN1)C(=O)O. The predicted molar refractivity (Wildman–Crippen MR) is 120 cm³/mol. The van der Waals surface area contributed by atoms with Crippen molar-refractivity contribution in [3.63, 3.8) is 0 Å². The summed E-state index contributed by atoms with van der Waals surface area (Å²) >= 11 is 0. The van der Waals surface area contributed by atoms with Crippen LogP contribution in [0.2, 0.25) is 0 Å². The van der Waals surface area contributed by atoms with Crippen LogP contribution in [0.5, 0.6) is 0 Å². The lowest BCUT2D eigenvalue weighted by atomic mass is 9.97. The Morgan fingerprint density at radius 1 is 0.970 bits per heavy atom. The van der Waals surface area contributed by atoms with Gasteiger partial charge in [0.05, 0.1) is 6.04 Å². The molecule has 1 heterocycles. The van der Waals surface area contributed by atoms with E-state index in [0.717, 1.165) is 6.42 Å². The lowest BCUT2D eigenvalue weighted by Gasteiger charge is -2.27. The van der Waals surface area contributed by atoms with Crippen LogP contribution in [-0.2, 0) is 24.0 Å². The number of hydrogen-bond acceptors (Lipinski definition) is 6. The molecule has 1 saturated heterocycles. The molecular formula is C22H38N4O7. The molecule has 0 saturated carbocycles. The number of carbonyl (C=O) groups is 5. The third kappa shape index (κ3) is 9.77. The zero-order valence-electron chi connectivity index (χ0n) is 19.8. The van der Waals surface area contributed by atoms with Gasteiger partial charge >= 0.3 is 11.9 Å². The Labute approximate surface area is 194 Å². The Balaban J connectivity index is 2.96. The molecule has 1 aliphatic rings. The molecule has 33 heavy (non-hydrogen) atoms. The molecule has 5 unspecified atom stereocenters. The summed E-state index contributed by atoms with van der Waals surface area (Å²) in [4.78, 5) is 61.0. The van der Waals surface area contributed by atoms with Gasteiger partial charge in [-0.3, -0.25) is 19.2 Å². The zero-order valence-corrected chi connectivity index (χ0v) is 19.8. The molecule has 188 valence electrons. The Morgan fingerprint density at radius 3 is 2.09 bits per heavy atom. The van der Waals surface area contributed by atoms with Crippen molar-refractivity contribution in [2.75, 3.05) is 6.54 Å². The first kappa shape index (κ1) is 28.3. The Kier molecular flexibility index (Phi) is 11.8. The maximum absolute atomic E-state index is 13.0. The quantitative estimate of drug-likeness (QED) is 0.209. The molecular weight excluding hydrogens is 432 g/mol. The molecule has 0 aromatic heterocycles. The second-order valence-corrected chi connectivity index (χ2v) is 9.04. The van der Waals surface area contributed by atoms with Crippen LogP contribution < -0.4 is 21.3 Å². The highest BCUT2D eigenvalue weighted by Crippen LogP contribution is 2.12. The smallest absolute Gasteiger partial charge is 0.326 e. The molecule has 0 radical (unpaired) electrons. The normalized spacial score (nSPS) is 19.2. The number of nitrogens with one attached hydrogen (secondary N) is 4. The maximum Gasteiger partial charge on any atom is 0.326 e. The fourth-order valence-corrected chi connectivity index (χ4v) is 3.63. The first-order valence-corrected chi connectivity index (χ1v) is 11.5. The summed E-state index contributed by atoms with van der Waals surface area (Å²) in [6.07, 6.45) is 1.74. The van der Waals surface area contributed by atoms with E-state index in [1.54, 1.807) is 6.92 Å². The van der Waals surface area contributed by atoms with E-state index >= 15 is 0 Å². The van der Waals surface area contributed by atoms with Crippen molar-refractivity contribution in [1.82, 2.24) is 21.3 Å². The molecule has 1 fully saturated rings. The topological polar surface area (TPSA) is 174 Å². The van der Waals surface area contributed by atoms with Crippen molar-refractivity contribution in [2.45, 2.75) is 90.4 Å². The molecule has 11 heteroatoms. The maximum atomic E-state index is 13.0. The van der Waals surface area contributed by atoms with Crippen molar-refractivity contribution in [1.29, 1.82) is 0 Å². The van der Waals surface area contributed by atoms with E-state index in [1.165, 1.54) is 0 Å². The molecule has 1 aliphatic heterocycles. The Morgan fingerprint density at radius 2 is 1.61 bits per heavy atom. The number of carbonyl (C=O) groups excluding carboxylic acids is 3. The monoisotopic (exact) mass is 470 g/mol. The fraction of sp³-hybridized carbons (Fsp3) is 0.773. The van der Waals surface area contributed by atoms with Gasteiger partial charge in [0, 0.05) is 6.42 Å². The van der Waals surface area contributed by atoms with Crippen LogP contribution in [0.1, 0.15) is 66.2 Å². The van der Waals surface area contributed by atoms with E-state index in [2.05, 4.69) is 21.3 Å². The summed E-state index contributed by atoms with van der Waals surface area (Å²) in [7, 11) is 0. The van der Waals surface area contributed by atoms with Crippen molar-refractivity contribution in [3.8, 4) is 0 Å². The Bertz CT molecular complexity index is 707. The lowest BCUT2D eigenvalue weighted by molar-refractivity contribution is -0.144. The Hall–Kier alpha value is -2.69. The summed E-state index contributed by atoms with van der Waals surface area (Å²) in [5.41, 5.74) is 0. The zero-order chi connectivity index (χ0) is 25.1. The molecule has 11 nitrogen and oxygen atoms in total. The van der Waals surface area contributed by atoms with Crippen LogP contribution in [0.25, 0.3) is 0 Å². The lowest BCUT2D eigenvalue weighted by Crippen LogP contribution is -2.58. The molecule has 0 aromatic carbocycles. The minimum Gasteiger partial charge on any atom is -0.481 e. The summed E-state index contributed by atoms with van der Waals surface area (Å²) in [6.45, 7) is 7.91. The standard InChI is InChI=1S/C22H38N4O7/c1-5-13(4)18(22(32)33)26-21(31)16(11-12(2)3)25-20(30)15(8-9-17(27)28)24-19(29)14-7-6-10-23-14/h12-16,18,23H,5-11H2,1-4H3,(H,24,29)(H,25,30)(H,26,31)(H,27,28)(H,32,33). The van der Waals surface area contributed by atoms with Crippen LogP contribution in [0.3, 0.4) is 0 Å². The van der Waals surface area contributed by atoms with Gasteiger partial charge in [0.15, 0.2) is 0 Å². The van der Waals surface area contributed by atoms with Gasteiger partial charge in [0.2, 0.25) is 17.7 Å². The van der Waals surface area contributed by atoms with Crippen molar-refractivity contribution in [3.05, 3.63) is 0 Å². The molecule has 0 aromatic rings. The molecule has 3 amide bonds. The first-order chi connectivity index (χ1) is 15.5. The van der Waals surface area contributed by atoms with E-state index in [0.29, 0.717) is 19.4 Å². The second kappa shape index (κ2) is 13.8. The van der Waals surface area contributed by atoms with Gasteiger partial charge in [-0.1, -0.05) is 34.1 Å². The summed E-state index contributed by atoms with van der Waals surface area (Å²) in [6, 6.07) is -3.72. The van der Waals surface area contributed by atoms with Gasteiger partial charge in [-0.05, 0) is 44.1 Å². The molecule has 6 N–H and O–H groups in total. The number of hydrogen-bond donors (Lipinski definition) is 6. The molecule has 0 spiro atoms. The second-order valence-electron chi connectivity index (χ2n) is 9.04. The third-order valence-electron chi connectivity index (χ3n) is 5.77. The van der Waals surface area contributed by atoms with Crippen LogP contribution in [-0.4, -0.2) is 70.6 Å². The highest BCUT2D eigenvalue weighted by atomic mass is 16.4. The number of carboxylic acids is 2. The first-order valence-electron chi connectivity index (χ1n) is 11.5. The third-order valence-corrected chi connectivity index (χ3v) is 5.77. The average Bonchev–Trinajstić information content (AvgIpc) is 3.27. The van der Waals surface area contributed by atoms with Crippen molar-refractivity contribution >= 4 is 29.7 Å². The molecule has 1 rings (SSSR count). The summed E-state index contributed by atoms with van der Waals surface area (Å²) < 4.78 is 0. The van der Waals surface area contributed by atoms with Gasteiger partial charge in [-0.25, -0.2) is 4.79 Å². The van der Waals surface area contributed by atoms with Gasteiger partial charge < -0.3 is 31.5 Å². The summed E-state index contributed by atoms with van der Waals surface area (Å²) in [5.74, 6) is -4.31. The number of rotatable bonds is 14. The number of amides is 3. The molecule has 5 atom stereocenters. The van der Waals surface area contributed by atoms with Crippen molar-refractivity contribution in [2.24, 2.45) is 11.8 Å². The van der Waals surface area contributed by atoms with E-state index in [4.69, 9.17) is 5.11 Å². The van der Waals surface area contributed by atoms with Crippen LogP contribution in [0, 0.1) is 11.8 Å². The predicted octanol–water partition coefficient (Wildman–Crippen LogP) is 0.234. The number of aliphatic carboxylic acids is 2. The fourth-order valence-electron chi connectivity index (χ4n) is 3.63. The highest BCUT2D eigenvalue weighted by Gasteiger charge is 2.33. The van der Waals surface area contributed by atoms with Crippen LogP contribution >= 0.6 is 0 Å². The van der Waals surface area contributed by atoms with Gasteiger partial charge in [0.25, 0.3) is 0 Å². The average molecular weight is 471 g/mol. The highest BCUT2D eigenvalue weighted by molar-refractivity contribution is 5.94. The van der Waals surface area contributed by atoms with Gasteiger partial charge in [-0.15, -0.1) is 0 Å². The van der Waals surface area contributed by atoms with Crippen molar-refractivity contribution < 1.29 is 34.2 Å². The minimum atomic E-state index is -1.16.